The summed E-state index contributed by atoms with van der Waals surface area (Å²) in [6.07, 6.45) is 3.17. The van der Waals surface area contributed by atoms with Crippen LogP contribution in [0.5, 0.6) is 11.5 Å². The molecule has 0 aliphatic carbocycles. The lowest BCUT2D eigenvalue weighted by Gasteiger charge is -2.16. The van der Waals surface area contributed by atoms with E-state index in [-0.39, 0.29) is 5.56 Å². The molecule has 1 heterocycles. The third-order valence-electron chi connectivity index (χ3n) is 3.91. The van der Waals surface area contributed by atoms with E-state index in [4.69, 9.17) is 4.74 Å². The molecule has 0 aliphatic rings. The molecule has 116 valence electrons. The molecule has 0 radical (unpaired) electrons. The molecular weight excluding hydrogens is 290 g/mol. The Kier molecular flexibility index (Phi) is 3.89. The second-order valence-corrected chi connectivity index (χ2v) is 5.39. The molecule has 4 heteroatoms. The number of carboxylic acids is 1. The van der Waals surface area contributed by atoms with Gasteiger partial charge in [-0.15, -0.1) is 0 Å². The van der Waals surface area contributed by atoms with Crippen LogP contribution in [0.15, 0.2) is 54.9 Å². The first-order valence-corrected chi connectivity index (χ1v) is 7.31. The molecule has 4 nitrogen and oxygen atoms in total. The number of nitrogens with one attached hydrogen (secondary N) is 1. The van der Waals surface area contributed by atoms with E-state index in [1.165, 1.54) is 6.20 Å². The van der Waals surface area contributed by atoms with Gasteiger partial charge in [0.05, 0.1) is 5.56 Å². The molecule has 0 bridgehead atoms. The van der Waals surface area contributed by atoms with Gasteiger partial charge in [0.2, 0.25) is 0 Å². The zero-order valence-corrected chi connectivity index (χ0v) is 13.0. The number of para-hydroxylation sites is 1. The summed E-state index contributed by atoms with van der Waals surface area (Å²) in [6.45, 7) is 3.98. The quantitative estimate of drug-likeness (QED) is 0.728. The summed E-state index contributed by atoms with van der Waals surface area (Å²) in [7, 11) is 0. The van der Waals surface area contributed by atoms with Crippen molar-refractivity contribution in [1.82, 2.24) is 4.98 Å². The molecule has 0 spiro atoms. The van der Waals surface area contributed by atoms with Crippen molar-refractivity contribution in [3.8, 4) is 22.6 Å². The molecule has 2 aromatic carbocycles. The van der Waals surface area contributed by atoms with Crippen LogP contribution in [0.1, 0.15) is 21.5 Å². The average molecular weight is 307 g/mol. The minimum atomic E-state index is -0.967. The fourth-order valence-corrected chi connectivity index (χ4v) is 2.50. The van der Waals surface area contributed by atoms with E-state index in [1.807, 2.05) is 56.3 Å². The minimum absolute atomic E-state index is 0.228. The van der Waals surface area contributed by atoms with E-state index in [9.17, 15) is 9.90 Å². The normalized spacial score (nSPS) is 10.5. The molecule has 0 saturated carbocycles. The molecule has 3 rings (SSSR count). The van der Waals surface area contributed by atoms with Crippen LogP contribution in [0.2, 0.25) is 0 Å². The average Bonchev–Trinajstić information content (AvgIpc) is 3.03. The van der Waals surface area contributed by atoms with Gasteiger partial charge in [0.15, 0.2) is 0 Å². The maximum Gasteiger partial charge on any atom is 0.337 e. The molecule has 23 heavy (non-hydrogen) atoms. The Balaban J connectivity index is 2.16. The zero-order chi connectivity index (χ0) is 16.4. The van der Waals surface area contributed by atoms with E-state index >= 15 is 0 Å². The highest BCUT2D eigenvalue weighted by atomic mass is 16.5. The lowest BCUT2D eigenvalue weighted by molar-refractivity contribution is 0.0698. The monoisotopic (exact) mass is 307 g/mol. The van der Waals surface area contributed by atoms with Gasteiger partial charge in [-0.2, -0.15) is 0 Å². The van der Waals surface area contributed by atoms with Gasteiger partial charge in [-0.1, -0.05) is 30.3 Å². The van der Waals surface area contributed by atoms with Crippen LogP contribution in [-0.4, -0.2) is 16.1 Å². The van der Waals surface area contributed by atoms with Crippen LogP contribution in [0.25, 0.3) is 11.1 Å². The van der Waals surface area contributed by atoms with Crippen LogP contribution in [0.3, 0.4) is 0 Å². The highest BCUT2D eigenvalue weighted by Crippen LogP contribution is 2.39. The summed E-state index contributed by atoms with van der Waals surface area (Å²) in [5.41, 5.74) is 3.68. The van der Waals surface area contributed by atoms with Crippen LogP contribution in [0, 0.1) is 13.8 Å². The van der Waals surface area contributed by atoms with E-state index in [0.717, 1.165) is 22.4 Å². The number of ether oxygens (including phenoxy) is 1. The number of rotatable bonds is 4. The van der Waals surface area contributed by atoms with Gasteiger partial charge >= 0.3 is 5.97 Å². The maximum absolute atomic E-state index is 11.4. The highest BCUT2D eigenvalue weighted by molar-refractivity contribution is 5.97. The molecule has 0 fully saturated rings. The summed E-state index contributed by atoms with van der Waals surface area (Å²) in [5.74, 6) is 0.429. The number of carbonyl (C=O) groups is 1. The van der Waals surface area contributed by atoms with Crippen molar-refractivity contribution in [1.29, 1.82) is 0 Å². The van der Waals surface area contributed by atoms with Crippen molar-refractivity contribution < 1.29 is 14.6 Å². The fraction of sp³-hybridized carbons (Fsp3) is 0.105. The minimum Gasteiger partial charge on any atom is -0.478 e. The molecule has 0 atom stereocenters. The molecule has 3 aromatic rings. The number of aromatic carboxylic acids is 1. The zero-order valence-electron chi connectivity index (χ0n) is 13.0. The molecule has 0 amide bonds. The van der Waals surface area contributed by atoms with Gasteiger partial charge in [-0.3, -0.25) is 0 Å². The van der Waals surface area contributed by atoms with Crippen LogP contribution < -0.4 is 4.74 Å². The standard InChI is InChI=1S/C19H17NO3/c1-12-8-9-15(16-10-20-11-17(16)19(21)22)18(13(12)2)23-14-6-4-3-5-7-14/h3-11,20H,1-2H3,(H,21,22). The Hall–Kier alpha value is -3.01. The van der Waals surface area contributed by atoms with Crippen LogP contribution >= 0.6 is 0 Å². The van der Waals surface area contributed by atoms with Crippen LogP contribution in [-0.2, 0) is 0 Å². The van der Waals surface area contributed by atoms with Gasteiger partial charge in [0, 0.05) is 23.5 Å². The highest BCUT2D eigenvalue weighted by Gasteiger charge is 2.19. The van der Waals surface area contributed by atoms with E-state index in [2.05, 4.69) is 4.98 Å². The number of aromatic nitrogens is 1. The number of aryl methyl sites for hydroxylation is 1. The van der Waals surface area contributed by atoms with Crippen molar-refractivity contribution in [3.63, 3.8) is 0 Å². The third kappa shape index (κ3) is 2.83. The topological polar surface area (TPSA) is 62.3 Å². The predicted octanol–water partition coefficient (Wildman–Crippen LogP) is 4.79. The van der Waals surface area contributed by atoms with Gasteiger partial charge in [0.25, 0.3) is 0 Å². The van der Waals surface area contributed by atoms with E-state index in [0.29, 0.717) is 11.3 Å². The van der Waals surface area contributed by atoms with Crippen molar-refractivity contribution in [2.24, 2.45) is 0 Å². The largest absolute Gasteiger partial charge is 0.478 e. The van der Waals surface area contributed by atoms with Crippen molar-refractivity contribution in [3.05, 3.63) is 71.5 Å². The first-order chi connectivity index (χ1) is 11.1. The summed E-state index contributed by atoms with van der Waals surface area (Å²) >= 11 is 0. The Labute approximate surface area is 134 Å². The molecule has 0 unspecified atom stereocenters. The molecule has 0 saturated heterocycles. The van der Waals surface area contributed by atoms with Gasteiger partial charge in [0.1, 0.15) is 11.5 Å². The smallest absolute Gasteiger partial charge is 0.337 e. The summed E-state index contributed by atoms with van der Waals surface area (Å²) in [5, 5.41) is 9.36. The van der Waals surface area contributed by atoms with Crippen molar-refractivity contribution in [2.45, 2.75) is 13.8 Å². The van der Waals surface area contributed by atoms with E-state index < -0.39 is 5.97 Å². The number of hydrogen-bond donors (Lipinski definition) is 2. The molecular formula is C19H17NO3. The Morgan fingerprint density at radius 2 is 1.74 bits per heavy atom. The second kappa shape index (κ2) is 6.01. The van der Waals surface area contributed by atoms with Gasteiger partial charge < -0.3 is 14.8 Å². The summed E-state index contributed by atoms with van der Waals surface area (Å²) < 4.78 is 6.07. The number of aromatic amines is 1. The number of H-pyrrole nitrogens is 1. The first kappa shape index (κ1) is 14.9. The molecule has 0 aliphatic heterocycles. The van der Waals surface area contributed by atoms with Crippen molar-refractivity contribution in [2.75, 3.05) is 0 Å². The summed E-state index contributed by atoms with van der Waals surface area (Å²) in [6, 6.07) is 13.3. The Morgan fingerprint density at radius 3 is 2.43 bits per heavy atom. The van der Waals surface area contributed by atoms with Gasteiger partial charge in [-0.05, 0) is 37.1 Å². The second-order valence-electron chi connectivity index (χ2n) is 5.39. The maximum atomic E-state index is 11.4. The van der Waals surface area contributed by atoms with Crippen LogP contribution in [0.4, 0.5) is 0 Å². The summed E-state index contributed by atoms with van der Waals surface area (Å²) in [4.78, 5) is 14.3. The first-order valence-electron chi connectivity index (χ1n) is 7.31. The lowest BCUT2D eigenvalue weighted by Crippen LogP contribution is -1.99. The third-order valence-corrected chi connectivity index (χ3v) is 3.91. The molecule has 1 aromatic heterocycles. The number of hydrogen-bond acceptors (Lipinski definition) is 2. The van der Waals surface area contributed by atoms with Crippen molar-refractivity contribution >= 4 is 5.97 Å². The number of carboxylic acid groups (broad SMARTS) is 1. The fourth-order valence-electron chi connectivity index (χ4n) is 2.50. The van der Waals surface area contributed by atoms with Gasteiger partial charge in [-0.25, -0.2) is 4.79 Å². The van der Waals surface area contributed by atoms with E-state index in [1.54, 1.807) is 6.20 Å². The lowest BCUT2D eigenvalue weighted by atomic mass is 9.98. The SMILES string of the molecule is Cc1ccc(-c2c[nH]cc2C(=O)O)c(Oc2ccccc2)c1C. The Morgan fingerprint density at radius 1 is 1.00 bits per heavy atom. The number of benzene rings is 2. The Bertz CT molecular complexity index is 850. The predicted molar refractivity (Wildman–Crippen MR) is 89.2 cm³/mol. The molecule has 2 N–H and O–H groups in total.